The third kappa shape index (κ3) is 7.49. The second kappa shape index (κ2) is 12.8. The maximum absolute atomic E-state index is 13.3. The Kier molecular flexibility index (Phi) is 9.81. The highest BCUT2D eigenvalue weighted by Gasteiger charge is 2.27. The summed E-state index contributed by atoms with van der Waals surface area (Å²) in [4.78, 5) is 31.1. The van der Waals surface area contributed by atoms with Crippen LogP contribution in [0.25, 0.3) is 10.2 Å². The summed E-state index contributed by atoms with van der Waals surface area (Å²) in [7, 11) is 0. The maximum atomic E-state index is 13.3. The highest BCUT2D eigenvalue weighted by Crippen LogP contribution is 2.23. The van der Waals surface area contributed by atoms with Gasteiger partial charge in [0.05, 0.1) is 28.7 Å². The highest BCUT2D eigenvalue weighted by atomic mass is 32.1. The van der Waals surface area contributed by atoms with Gasteiger partial charge in [0, 0.05) is 19.8 Å². The molecule has 0 bridgehead atoms. The molecule has 8 nitrogen and oxygen atoms in total. The van der Waals surface area contributed by atoms with E-state index in [1.807, 2.05) is 49.7 Å². The van der Waals surface area contributed by atoms with Gasteiger partial charge in [-0.15, -0.1) is 11.3 Å². The Morgan fingerprint density at radius 3 is 2.44 bits per heavy atom. The quantitative estimate of drug-likeness (QED) is 0.326. The van der Waals surface area contributed by atoms with Crippen LogP contribution in [0.3, 0.4) is 0 Å². The topological polar surface area (TPSA) is 104 Å². The number of carbonyl (C=O) groups excluding carboxylic acids is 2. The highest BCUT2D eigenvalue weighted by molar-refractivity contribution is 7.16. The minimum atomic E-state index is -1.11. The number of carbonyl (C=O) groups is 2. The van der Waals surface area contributed by atoms with E-state index >= 15 is 0 Å². The summed E-state index contributed by atoms with van der Waals surface area (Å²) < 4.78 is 18.2. The number of rotatable bonds is 14. The Bertz CT molecular complexity index is 1140. The third-order valence-electron chi connectivity index (χ3n) is 5.59. The molecule has 1 aromatic heterocycles. The van der Waals surface area contributed by atoms with Gasteiger partial charge >= 0.3 is 0 Å². The minimum absolute atomic E-state index is 0.123. The van der Waals surface area contributed by atoms with Gasteiger partial charge < -0.3 is 24.8 Å². The average molecular weight is 513 g/mol. The van der Waals surface area contributed by atoms with Crippen LogP contribution in [0.15, 0.2) is 48.0 Å². The number of nitrogens with two attached hydrogens (primary N) is 1. The van der Waals surface area contributed by atoms with E-state index in [0.29, 0.717) is 38.5 Å². The molecule has 0 spiro atoms. The Hall–Kier alpha value is -3.01. The number of primary amides is 1. The molecule has 2 aromatic carbocycles. The van der Waals surface area contributed by atoms with Gasteiger partial charge in [-0.1, -0.05) is 24.3 Å². The van der Waals surface area contributed by atoms with Gasteiger partial charge in [0.25, 0.3) is 5.91 Å². The molecule has 0 atom stereocenters. The fraction of sp³-hybridized carbons (Fsp3) is 0.407. The molecule has 3 rings (SSSR count). The summed E-state index contributed by atoms with van der Waals surface area (Å²) in [5.74, 6) is -0.138. The zero-order valence-corrected chi connectivity index (χ0v) is 22.0. The van der Waals surface area contributed by atoms with E-state index in [1.54, 1.807) is 48.6 Å². The normalized spacial score (nSPS) is 11.7. The molecule has 36 heavy (non-hydrogen) atoms. The molecule has 0 fully saturated rings. The SMILES string of the molecule is CCOC(CN(Cc1cccc2scnc12)C(=O)[CH]Cc1ccc(OC(C)(C)C(N)=O)cc1)OCC. The van der Waals surface area contributed by atoms with Crippen molar-refractivity contribution in [3.8, 4) is 5.75 Å². The fourth-order valence-corrected chi connectivity index (χ4v) is 4.31. The van der Waals surface area contributed by atoms with Crippen LogP contribution in [-0.2, 0) is 32.0 Å². The summed E-state index contributed by atoms with van der Waals surface area (Å²) >= 11 is 1.57. The van der Waals surface area contributed by atoms with Gasteiger partial charge in [-0.25, -0.2) is 4.98 Å². The van der Waals surface area contributed by atoms with Crippen LogP contribution >= 0.6 is 11.3 Å². The lowest BCUT2D eigenvalue weighted by Crippen LogP contribution is -2.43. The van der Waals surface area contributed by atoms with Crippen molar-refractivity contribution in [3.63, 3.8) is 0 Å². The molecule has 0 aliphatic rings. The second-order valence-electron chi connectivity index (χ2n) is 8.70. The number of hydrogen-bond acceptors (Lipinski definition) is 7. The van der Waals surface area contributed by atoms with Crippen molar-refractivity contribution >= 4 is 33.4 Å². The Balaban J connectivity index is 1.70. The van der Waals surface area contributed by atoms with Crippen molar-refractivity contribution in [1.29, 1.82) is 0 Å². The zero-order chi connectivity index (χ0) is 26.1. The molecule has 2 amide bonds. The van der Waals surface area contributed by atoms with Crippen molar-refractivity contribution < 1.29 is 23.8 Å². The molecule has 3 aromatic rings. The largest absolute Gasteiger partial charge is 0.478 e. The number of fused-ring (bicyclic) bond motifs is 1. The zero-order valence-electron chi connectivity index (χ0n) is 21.2. The molecule has 0 unspecified atom stereocenters. The van der Waals surface area contributed by atoms with Crippen LogP contribution < -0.4 is 10.5 Å². The standard InChI is InChI=1S/C27H34N3O5S/c1-5-33-24(34-6-2)17-30(16-20-8-7-9-22-25(20)29-18-36-22)23(31)15-12-19-10-13-21(14-11-19)35-27(3,4)26(28)32/h7-11,13-15,18,24H,5-6,12,16-17H2,1-4H3,(H2,28,32). The van der Waals surface area contributed by atoms with Gasteiger partial charge in [0.1, 0.15) is 5.75 Å². The van der Waals surface area contributed by atoms with Crippen molar-refractivity contribution in [3.05, 3.63) is 65.5 Å². The lowest BCUT2D eigenvalue weighted by Gasteiger charge is -2.28. The van der Waals surface area contributed by atoms with E-state index in [0.717, 1.165) is 21.3 Å². The number of hydrogen-bond donors (Lipinski definition) is 1. The van der Waals surface area contributed by atoms with E-state index in [4.69, 9.17) is 19.9 Å². The summed E-state index contributed by atoms with van der Waals surface area (Å²) in [6.45, 7) is 8.70. The Labute approximate surface area is 216 Å². The molecule has 0 saturated heterocycles. The summed E-state index contributed by atoms with van der Waals surface area (Å²) in [6, 6.07) is 13.2. The number of ether oxygens (including phenoxy) is 3. The second-order valence-corrected chi connectivity index (χ2v) is 9.59. The van der Waals surface area contributed by atoms with E-state index in [1.165, 1.54) is 0 Å². The molecule has 0 saturated carbocycles. The van der Waals surface area contributed by atoms with E-state index in [9.17, 15) is 9.59 Å². The van der Waals surface area contributed by atoms with Gasteiger partial charge in [-0.2, -0.15) is 0 Å². The maximum Gasteiger partial charge on any atom is 0.261 e. The number of amides is 2. The molecule has 2 N–H and O–H groups in total. The van der Waals surface area contributed by atoms with E-state index < -0.39 is 17.8 Å². The Morgan fingerprint density at radius 1 is 1.11 bits per heavy atom. The van der Waals surface area contributed by atoms with Gasteiger partial charge in [0.15, 0.2) is 11.9 Å². The first-order chi connectivity index (χ1) is 17.2. The van der Waals surface area contributed by atoms with Crippen molar-refractivity contribution in [1.82, 2.24) is 9.88 Å². The Morgan fingerprint density at radius 2 is 1.81 bits per heavy atom. The predicted octanol–water partition coefficient (Wildman–Crippen LogP) is 4.11. The van der Waals surface area contributed by atoms with Crippen LogP contribution in [0.1, 0.15) is 38.8 Å². The number of nitrogens with zero attached hydrogens (tertiary/aromatic N) is 2. The van der Waals surface area contributed by atoms with Gasteiger partial charge in [-0.3, -0.25) is 9.59 Å². The van der Waals surface area contributed by atoms with Gasteiger partial charge in [0.2, 0.25) is 5.91 Å². The van der Waals surface area contributed by atoms with Gasteiger partial charge in [-0.05, 0) is 63.4 Å². The number of benzene rings is 2. The lowest BCUT2D eigenvalue weighted by molar-refractivity contribution is -0.158. The van der Waals surface area contributed by atoms with Crippen molar-refractivity contribution in [2.45, 2.75) is 52.6 Å². The first kappa shape index (κ1) is 27.6. The first-order valence-corrected chi connectivity index (χ1v) is 12.9. The number of aromatic nitrogens is 1. The van der Waals surface area contributed by atoms with Crippen molar-refractivity contribution in [2.75, 3.05) is 19.8 Å². The molecule has 9 heteroatoms. The predicted molar refractivity (Wildman–Crippen MR) is 140 cm³/mol. The van der Waals surface area contributed by atoms with Crippen LogP contribution in [0.4, 0.5) is 0 Å². The number of para-hydroxylation sites is 1. The first-order valence-electron chi connectivity index (χ1n) is 12.0. The van der Waals surface area contributed by atoms with Crippen LogP contribution in [-0.4, -0.2) is 53.3 Å². The molecular formula is C27H34N3O5S. The monoisotopic (exact) mass is 512 g/mol. The summed E-state index contributed by atoms with van der Waals surface area (Å²) in [6.07, 6.45) is 1.57. The minimum Gasteiger partial charge on any atom is -0.478 e. The molecule has 0 aliphatic heterocycles. The van der Waals surface area contributed by atoms with Crippen LogP contribution in [0.2, 0.25) is 0 Å². The van der Waals surface area contributed by atoms with E-state index in [2.05, 4.69) is 4.98 Å². The number of thiazole rings is 1. The smallest absolute Gasteiger partial charge is 0.261 e. The molecular weight excluding hydrogens is 478 g/mol. The van der Waals surface area contributed by atoms with Crippen LogP contribution in [0, 0.1) is 6.42 Å². The molecule has 1 heterocycles. The molecule has 0 aliphatic carbocycles. The van der Waals surface area contributed by atoms with E-state index in [-0.39, 0.29) is 5.91 Å². The fourth-order valence-electron chi connectivity index (χ4n) is 3.59. The third-order valence-corrected chi connectivity index (χ3v) is 6.39. The summed E-state index contributed by atoms with van der Waals surface area (Å²) in [5, 5.41) is 0. The molecule has 193 valence electrons. The van der Waals surface area contributed by atoms with Crippen molar-refractivity contribution in [2.24, 2.45) is 5.73 Å². The lowest BCUT2D eigenvalue weighted by atomic mass is 10.1. The van der Waals surface area contributed by atoms with Crippen LogP contribution in [0.5, 0.6) is 5.75 Å². The average Bonchev–Trinajstić information content (AvgIpc) is 3.33. The summed E-state index contributed by atoms with van der Waals surface area (Å²) in [5.41, 5.74) is 8.89. The molecule has 1 radical (unpaired) electrons.